The van der Waals surface area contributed by atoms with Crippen molar-refractivity contribution < 1.29 is 4.42 Å². The van der Waals surface area contributed by atoms with Crippen LogP contribution in [0.5, 0.6) is 0 Å². The van der Waals surface area contributed by atoms with Crippen LogP contribution in [0.4, 0.5) is 0 Å². The minimum absolute atomic E-state index is 0.896. The van der Waals surface area contributed by atoms with E-state index in [0.29, 0.717) is 0 Å². The second-order valence-corrected chi connectivity index (χ2v) is 17.1. The van der Waals surface area contributed by atoms with E-state index < -0.39 is 0 Å². The zero-order chi connectivity index (χ0) is 41.9. The Hall–Kier alpha value is -8.46. The maximum Gasteiger partial charge on any atom is 0.137 e. The quantitative estimate of drug-likeness (QED) is 0.163. The molecule has 2 heterocycles. The van der Waals surface area contributed by atoms with Gasteiger partial charge in [-0.1, -0.05) is 182 Å². The van der Waals surface area contributed by atoms with Gasteiger partial charge in [0.25, 0.3) is 0 Å². The summed E-state index contributed by atoms with van der Waals surface area (Å²) in [6.45, 7) is 0. The Morgan fingerprint density at radius 3 is 1.31 bits per heavy atom. The lowest BCUT2D eigenvalue weighted by atomic mass is 9.79. The third kappa shape index (κ3) is 5.02. The van der Waals surface area contributed by atoms with Gasteiger partial charge in [0.2, 0.25) is 0 Å². The first-order valence-corrected chi connectivity index (χ1v) is 22.1. The summed E-state index contributed by atoms with van der Waals surface area (Å²) in [5, 5.41) is 9.64. The van der Waals surface area contributed by atoms with Crippen molar-refractivity contribution in [2.24, 2.45) is 0 Å². The molecule has 11 aromatic carbocycles. The molecular weight excluding hydrogens is 775 g/mol. The third-order valence-electron chi connectivity index (χ3n) is 13.7. The summed E-state index contributed by atoms with van der Waals surface area (Å²) in [6.07, 6.45) is 0. The molecule has 0 aliphatic heterocycles. The van der Waals surface area contributed by atoms with E-state index in [4.69, 9.17) is 4.42 Å². The maximum atomic E-state index is 6.46. The lowest BCUT2D eigenvalue weighted by molar-refractivity contribution is 0.669. The summed E-state index contributed by atoms with van der Waals surface area (Å²) in [7, 11) is 0. The third-order valence-corrected chi connectivity index (χ3v) is 13.7. The predicted molar refractivity (Wildman–Crippen MR) is 269 cm³/mol. The zero-order valence-electron chi connectivity index (χ0n) is 34.7. The van der Waals surface area contributed by atoms with Crippen molar-refractivity contribution in [2.75, 3.05) is 0 Å². The van der Waals surface area contributed by atoms with Gasteiger partial charge in [0.15, 0.2) is 0 Å². The van der Waals surface area contributed by atoms with Crippen LogP contribution in [-0.2, 0) is 0 Å². The molecule has 1 aliphatic carbocycles. The standard InChI is InChI=1S/C62H37NO/c1-2-19-42-41(18-1)43-20-3-4-22-45(43)47-33-32-39(35-54(47)46-23-6-5-21-44(42)46)62-52-28-9-7-26-50(52)61(51-27-8-10-29-53(51)62)38-16-15-17-40(34-38)63-57-30-13-11-24-48(57)55-36-56-49-25-12-14-31-59(49)64-60(56)37-58(55)63/h1-37H. The van der Waals surface area contributed by atoms with Crippen LogP contribution < -0.4 is 0 Å². The molecule has 0 saturated carbocycles. The van der Waals surface area contributed by atoms with E-state index in [-0.39, 0.29) is 0 Å². The van der Waals surface area contributed by atoms with Crippen LogP contribution in [0.3, 0.4) is 0 Å². The van der Waals surface area contributed by atoms with Crippen LogP contribution in [-0.4, -0.2) is 4.57 Å². The minimum Gasteiger partial charge on any atom is -0.456 e. The van der Waals surface area contributed by atoms with Crippen molar-refractivity contribution in [1.29, 1.82) is 0 Å². The number of benzene rings is 11. The molecule has 0 saturated heterocycles. The molecule has 0 spiro atoms. The fraction of sp³-hybridized carbons (Fsp3) is 0. The van der Waals surface area contributed by atoms with Gasteiger partial charge >= 0.3 is 0 Å². The van der Waals surface area contributed by atoms with E-state index in [2.05, 4.69) is 223 Å². The smallest absolute Gasteiger partial charge is 0.137 e. The largest absolute Gasteiger partial charge is 0.456 e. The van der Waals surface area contributed by atoms with Crippen molar-refractivity contribution in [3.63, 3.8) is 0 Å². The molecule has 13 aromatic rings. The second kappa shape index (κ2) is 13.5. The van der Waals surface area contributed by atoms with Gasteiger partial charge in [-0.3, -0.25) is 0 Å². The van der Waals surface area contributed by atoms with E-state index in [1.54, 1.807) is 0 Å². The second-order valence-electron chi connectivity index (χ2n) is 17.1. The van der Waals surface area contributed by atoms with E-state index in [0.717, 1.165) is 33.1 Å². The molecule has 0 radical (unpaired) electrons. The first kappa shape index (κ1) is 35.2. The molecule has 64 heavy (non-hydrogen) atoms. The normalized spacial score (nSPS) is 12.1. The predicted octanol–water partition coefficient (Wildman–Crippen LogP) is 17.3. The first-order valence-electron chi connectivity index (χ1n) is 22.1. The molecule has 2 nitrogen and oxygen atoms in total. The van der Waals surface area contributed by atoms with Crippen molar-refractivity contribution in [2.45, 2.75) is 0 Å². The summed E-state index contributed by atoms with van der Waals surface area (Å²) >= 11 is 0. The van der Waals surface area contributed by atoms with Gasteiger partial charge in [-0.15, -0.1) is 0 Å². The molecule has 2 heteroatoms. The average Bonchev–Trinajstić information content (AvgIpc) is 3.89. The Bertz CT molecular complexity index is 4020. The van der Waals surface area contributed by atoms with E-state index in [1.165, 1.54) is 105 Å². The maximum absolute atomic E-state index is 6.46. The minimum atomic E-state index is 0.896. The highest BCUT2D eigenvalue weighted by Gasteiger charge is 2.24. The Morgan fingerprint density at radius 2 is 0.719 bits per heavy atom. The number of para-hydroxylation sites is 2. The number of hydrogen-bond acceptors (Lipinski definition) is 1. The number of rotatable bonds is 3. The first-order chi connectivity index (χ1) is 31.8. The van der Waals surface area contributed by atoms with Gasteiger partial charge in [0, 0.05) is 33.3 Å². The van der Waals surface area contributed by atoms with Crippen LogP contribution in [0.1, 0.15) is 0 Å². The molecule has 0 amide bonds. The fourth-order valence-corrected chi connectivity index (χ4v) is 11.0. The lowest BCUT2D eigenvalue weighted by Crippen LogP contribution is -1.98. The Kier molecular flexibility index (Phi) is 7.43. The van der Waals surface area contributed by atoms with Crippen molar-refractivity contribution >= 4 is 65.3 Å². The molecule has 0 bridgehead atoms. The van der Waals surface area contributed by atoms with Crippen molar-refractivity contribution in [3.05, 3.63) is 224 Å². The summed E-state index contributed by atoms with van der Waals surface area (Å²) in [5.74, 6) is 0. The average molecular weight is 812 g/mol. The van der Waals surface area contributed by atoms with Gasteiger partial charge in [-0.05, 0) is 125 Å². The van der Waals surface area contributed by atoms with E-state index in [1.807, 2.05) is 6.07 Å². The van der Waals surface area contributed by atoms with Gasteiger partial charge in [-0.25, -0.2) is 0 Å². The van der Waals surface area contributed by atoms with Gasteiger partial charge in [0.05, 0.1) is 11.0 Å². The van der Waals surface area contributed by atoms with Gasteiger partial charge < -0.3 is 8.98 Å². The van der Waals surface area contributed by atoms with Crippen LogP contribution in [0, 0.1) is 0 Å². The molecule has 296 valence electrons. The number of hydrogen-bond donors (Lipinski definition) is 0. The van der Waals surface area contributed by atoms with Crippen LogP contribution in [0.2, 0.25) is 0 Å². The highest BCUT2D eigenvalue weighted by Crippen LogP contribution is 2.51. The molecular formula is C62H37NO. The SMILES string of the molecule is c1cc(-c2c3ccccc3c(-c3ccc4c(c3)-c3ccccc3-c3ccccc3-c3ccccc3-4)c3ccccc23)cc(-n2c3ccccc3c3cc4c(cc32)oc2ccccc24)c1. The van der Waals surface area contributed by atoms with Gasteiger partial charge in [-0.2, -0.15) is 0 Å². The molecule has 1 aliphatic rings. The highest BCUT2D eigenvalue weighted by molar-refractivity contribution is 6.22. The number of aromatic nitrogens is 1. The van der Waals surface area contributed by atoms with E-state index in [9.17, 15) is 0 Å². The molecule has 2 aromatic heterocycles. The number of nitrogens with zero attached hydrogens (tertiary/aromatic N) is 1. The summed E-state index contributed by atoms with van der Waals surface area (Å²) < 4.78 is 8.87. The molecule has 14 rings (SSSR count). The van der Waals surface area contributed by atoms with Crippen LogP contribution in [0.15, 0.2) is 229 Å². The molecule has 0 N–H and O–H groups in total. The fourth-order valence-electron chi connectivity index (χ4n) is 11.0. The van der Waals surface area contributed by atoms with Gasteiger partial charge in [0.1, 0.15) is 11.2 Å². The molecule has 0 atom stereocenters. The zero-order valence-corrected chi connectivity index (χ0v) is 34.7. The Balaban J connectivity index is 0.997. The Labute approximate surface area is 369 Å². The lowest BCUT2D eigenvalue weighted by Gasteiger charge is -2.24. The van der Waals surface area contributed by atoms with Crippen molar-refractivity contribution in [1.82, 2.24) is 4.57 Å². The topological polar surface area (TPSA) is 18.1 Å². The molecule has 0 unspecified atom stereocenters. The van der Waals surface area contributed by atoms with Crippen molar-refractivity contribution in [3.8, 4) is 72.4 Å². The Morgan fingerprint density at radius 1 is 0.250 bits per heavy atom. The van der Waals surface area contributed by atoms with Crippen LogP contribution in [0.25, 0.3) is 138 Å². The summed E-state index contributed by atoms with van der Waals surface area (Å²) in [6, 6.07) is 82.6. The summed E-state index contributed by atoms with van der Waals surface area (Å²) in [5.41, 5.74) is 20.1. The van der Waals surface area contributed by atoms with E-state index >= 15 is 0 Å². The monoisotopic (exact) mass is 811 g/mol. The van der Waals surface area contributed by atoms with Crippen LogP contribution >= 0.6 is 0 Å². The molecule has 0 fully saturated rings. The number of furan rings is 1. The highest BCUT2D eigenvalue weighted by atomic mass is 16.3. The summed E-state index contributed by atoms with van der Waals surface area (Å²) in [4.78, 5) is 0. The number of fused-ring (bicyclic) bond motifs is 16.